The van der Waals surface area contributed by atoms with Crippen LogP contribution in [-0.4, -0.2) is 10.7 Å². The van der Waals surface area contributed by atoms with Crippen molar-refractivity contribution in [1.82, 2.24) is 0 Å². The van der Waals surface area contributed by atoms with E-state index in [1.54, 1.807) is 0 Å². The number of benzene rings is 1. The minimum absolute atomic E-state index is 0.469. The second kappa shape index (κ2) is 5.92. The molecule has 0 aromatic heterocycles. The Morgan fingerprint density at radius 3 is 2.40 bits per heavy atom. The Labute approximate surface area is 93.1 Å². The average molecular weight is 206 g/mol. The van der Waals surface area contributed by atoms with E-state index in [0.717, 1.165) is 32.1 Å². The van der Waals surface area contributed by atoms with E-state index in [9.17, 15) is 5.11 Å². The standard InChI is InChI=1S/C14H22O/c1-3-11-14(2,15)12-7-10-13-8-5-4-6-9-13/h4-6,8-9,15H,3,7,10-12H2,1-2H3. The van der Waals surface area contributed by atoms with Crippen molar-refractivity contribution in [3.8, 4) is 0 Å². The Kier molecular flexibility index (Phi) is 4.83. The molecule has 0 bridgehead atoms. The zero-order chi connectivity index (χ0) is 11.1. The molecule has 0 saturated heterocycles. The molecule has 0 aliphatic rings. The van der Waals surface area contributed by atoms with Gasteiger partial charge in [0.25, 0.3) is 0 Å². The molecule has 1 aromatic carbocycles. The highest BCUT2D eigenvalue weighted by Crippen LogP contribution is 2.19. The van der Waals surface area contributed by atoms with Gasteiger partial charge < -0.3 is 5.11 Å². The van der Waals surface area contributed by atoms with Gasteiger partial charge in [0.2, 0.25) is 0 Å². The van der Waals surface area contributed by atoms with Gasteiger partial charge in [0.15, 0.2) is 0 Å². The van der Waals surface area contributed by atoms with Crippen LogP contribution in [0.3, 0.4) is 0 Å². The third kappa shape index (κ3) is 4.98. The Balaban J connectivity index is 2.27. The quantitative estimate of drug-likeness (QED) is 0.754. The van der Waals surface area contributed by atoms with Gasteiger partial charge in [-0.3, -0.25) is 0 Å². The number of rotatable bonds is 6. The van der Waals surface area contributed by atoms with Gasteiger partial charge >= 0.3 is 0 Å². The fourth-order valence-electron chi connectivity index (χ4n) is 1.98. The van der Waals surface area contributed by atoms with Gasteiger partial charge in [-0.05, 0) is 38.2 Å². The van der Waals surface area contributed by atoms with Crippen LogP contribution < -0.4 is 0 Å². The summed E-state index contributed by atoms with van der Waals surface area (Å²) in [5.74, 6) is 0. The van der Waals surface area contributed by atoms with Gasteiger partial charge in [-0.15, -0.1) is 0 Å². The maximum absolute atomic E-state index is 9.99. The molecule has 1 aromatic rings. The van der Waals surface area contributed by atoms with Crippen molar-refractivity contribution in [2.75, 3.05) is 0 Å². The van der Waals surface area contributed by atoms with Crippen LogP contribution in [0.25, 0.3) is 0 Å². The minimum atomic E-state index is -0.469. The molecule has 1 atom stereocenters. The van der Waals surface area contributed by atoms with E-state index >= 15 is 0 Å². The van der Waals surface area contributed by atoms with Crippen molar-refractivity contribution >= 4 is 0 Å². The predicted molar refractivity (Wildman–Crippen MR) is 64.9 cm³/mol. The maximum atomic E-state index is 9.99. The molecule has 0 amide bonds. The first kappa shape index (κ1) is 12.3. The van der Waals surface area contributed by atoms with Crippen LogP contribution in [-0.2, 0) is 6.42 Å². The lowest BCUT2D eigenvalue weighted by Gasteiger charge is -2.22. The van der Waals surface area contributed by atoms with Crippen LogP contribution in [0.15, 0.2) is 30.3 Å². The molecule has 15 heavy (non-hydrogen) atoms. The summed E-state index contributed by atoms with van der Waals surface area (Å²) >= 11 is 0. The number of aliphatic hydroxyl groups is 1. The van der Waals surface area contributed by atoms with Gasteiger partial charge in [0, 0.05) is 0 Å². The Morgan fingerprint density at radius 2 is 1.80 bits per heavy atom. The molecular weight excluding hydrogens is 184 g/mol. The van der Waals surface area contributed by atoms with E-state index in [1.165, 1.54) is 5.56 Å². The molecule has 0 aliphatic heterocycles. The summed E-state index contributed by atoms with van der Waals surface area (Å²) in [6.07, 6.45) is 4.99. The number of hydrogen-bond donors (Lipinski definition) is 1. The second-order valence-corrected chi connectivity index (χ2v) is 4.59. The zero-order valence-electron chi connectivity index (χ0n) is 9.87. The molecule has 1 unspecified atom stereocenters. The minimum Gasteiger partial charge on any atom is -0.390 e. The highest BCUT2D eigenvalue weighted by atomic mass is 16.3. The smallest absolute Gasteiger partial charge is 0.0619 e. The molecule has 0 saturated carbocycles. The first-order valence-electron chi connectivity index (χ1n) is 5.90. The summed E-state index contributed by atoms with van der Waals surface area (Å²) in [4.78, 5) is 0. The third-order valence-corrected chi connectivity index (χ3v) is 2.81. The summed E-state index contributed by atoms with van der Waals surface area (Å²) < 4.78 is 0. The second-order valence-electron chi connectivity index (χ2n) is 4.59. The van der Waals surface area contributed by atoms with Crippen molar-refractivity contribution in [1.29, 1.82) is 0 Å². The van der Waals surface area contributed by atoms with E-state index in [1.807, 2.05) is 13.0 Å². The molecule has 1 rings (SSSR count). The van der Waals surface area contributed by atoms with Crippen LogP contribution in [0.2, 0.25) is 0 Å². The van der Waals surface area contributed by atoms with Gasteiger partial charge in [0.1, 0.15) is 0 Å². The van der Waals surface area contributed by atoms with Crippen molar-refractivity contribution in [3.05, 3.63) is 35.9 Å². The summed E-state index contributed by atoms with van der Waals surface area (Å²) in [5, 5.41) is 9.99. The molecule has 1 nitrogen and oxygen atoms in total. The van der Waals surface area contributed by atoms with Gasteiger partial charge in [0.05, 0.1) is 5.60 Å². The van der Waals surface area contributed by atoms with Crippen LogP contribution in [0.5, 0.6) is 0 Å². The third-order valence-electron chi connectivity index (χ3n) is 2.81. The van der Waals surface area contributed by atoms with Crippen molar-refractivity contribution in [2.24, 2.45) is 0 Å². The van der Waals surface area contributed by atoms with Gasteiger partial charge in [-0.25, -0.2) is 0 Å². The molecule has 1 N–H and O–H groups in total. The van der Waals surface area contributed by atoms with E-state index in [4.69, 9.17) is 0 Å². The molecule has 1 heteroatoms. The fraction of sp³-hybridized carbons (Fsp3) is 0.571. The highest BCUT2D eigenvalue weighted by Gasteiger charge is 2.17. The molecule has 0 radical (unpaired) electrons. The molecule has 0 aliphatic carbocycles. The summed E-state index contributed by atoms with van der Waals surface area (Å²) in [7, 11) is 0. The van der Waals surface area contributed by atoms with E-state index in [-0.39, 0.29) is 0 Å². The highest BCUT2D eigenvalue weighted by molar-refractivity contribution is 5.14. The molecule has 0 fully saturated rings. The Bertz CT molecular complexity index is 264. The van der Waals surface area contributed by atoms with Crippen LogP contribution in [0, 0.1) is 0 Å². The normalized spacial score (nSPS) is 14.9. The first-order chi connectivity index (χ1) is 7.14. The van der Waals surface area contributed by atoms with E-state index < -0.39 is 5.60 Å². The van der Waals surface area contributed by atoms with Crippen LogP contribution in [0.4, 0.5) is 0 Å². The predicted octanol–water partition coefficient (Wildman–Crippen LogP) is 3.56. The zero-order valence-corrected chi connectivity index (χ0v) is 9.87. The fourth-order valence-corrected chi connectivity index (χ4v) is 1.98. The van der Waals surface area contributed by atoms with Crippen molar-refractivity contribution < 1.29 is 5.11 Å². The average Bonchev–Trinajstić information content (AvgIpc) is 2.19. The summed E-state index contributed by atoms with van der Waals surface area (Å²) in [5.41, 5.74) is 0.897. The van der Waals surface area contributed by atoms with Crippen molar-refractivity contribution in [2.45, 2.75) is 51.6 Å². The molecular formula is C14H22O. The van der Waals surface area contributed by atoms with Gasteiger partial charge in [-0.2, -0.15) is 0 Å². The largest absolute Gasteiger partial charge is 0.390 e. The number of aryl methyl sites for hydroxylation is 1. The lowest BCUT2D eigenvalue weighted by atomic mass is 9.93. The van der Waals surface area contributed by atoms with Crippen LogP contribution >= 0.6 is 0 Å². The molecule has 0 heterocycles. The molecule has 84 valence electrons. The lowest BCUT2D eigenvalue weighted by Crippen LogP contribution is -2.23. The topological polar surface area (TPSA) is 20.2 Å². The summed E-state index contributed by atoms with van der Waals surface area (Å²) in [6.45, 7) is 4.06. The number of hydrogen-bond acceptors (Lipinski definition) is 1. The van der Waals surface area contributed by atoms with Gasteiger partial charge in [-0.1, -0.05) is 43.7 Å². The Morgan fingerprint density at radius 1 is 1.13 bits per heavy atom. The van der Waals surface area contributed by atoms with Crippen LogP contribution in [0.1, 0.15) is 45.1 Å². The SMILES string of the molecule is CCCC(C)(O)CCCc1ccccc1. The Hall–Kier alpha value is -0.820. The van der Waals surface area contributed by atoms with E-state index in [2.05, 4.69) is 31.2 Å². The summed E-state index contributed by atoms with van der Waals surface area (Å²) in [6, 6.07) is 10.5. The molecule has 0 spiro atoms. The van der Waals surface area contributed by atoms with E-state index in [0.29, 0.717) is 0 Å². The first-order valence-corrected chi connectivity index (χ1v) is 5.90. The maximum Gasteiger partial charge on any atom is 0.0619 e. The monoisotopic (exact) mass is 206 g/mol. The lowest BCUT2D eigenvalue weighted by molar-refractivity contribution is 0.0394. The van der Waals surface area contributed by atoms with Crippen molar-refractivity contribution in [3.63, 3.8) is 0 Å².